The van der Waals surface area contributed by atoms with Gasteiger partial charge in [0.25, 0.3) is 11.8 Å². The minimum Gasteiger partial charge on any atom is -0.324 e. The van der Waals surface area contributed by atoms with Crippen molar-refractivity contribution in [3.8, 4) is 0 Å². The molecule has 168 valence electrons. The molecule has 4 rings (SSSR count). The fourth-order valence-electron chi connectivity index (χ4n) is 4.53. The SMILES string of the molecule is CC1(C)CCCC(C)(C)N1OCc1cncc(C(=O)ON2C(=O)c3ccccc3C2=O)c1. The van der Waals surface area contributed by atoms with Gasteiger partial charge in [-0.25, -0.2) is 4.79 Å². The van der Waals surface area contributed by atoms with E-state index in [0.717, 1.165) is 19.3 Å². The van der Waals surface area contributed by atoms with Gasteiger partial charge in [0, 0.05) is 23.5 Å². The molecule has 32 heavy (non-hydrogen) atoms. The molecule has 2 amide bonds. The second-order valence-corrected chi connectivity index (χ2v) is 9.46. The number of piperidine rings is 1. The fourth-order valence-corrected chi connectivity index (χ4v) is 4.53. The first-order valence-corrected chi connectivity index (χ1v) is 10.7. The van der Waals surface area contributed by atoms with E-state index < -0.39 is 17.8 Å². The number of hydrogen-bond acceptors (Lipinski definition) is 7. The summed E-state index contributed by atoms with van der Waals surface area (Å²) in [5, 5.41) is 2.53. The summed E-state index contributed by atoms with van der Waals surface area (Å²) in [4.78, 5) is 52.9. The molecule has 1 fully saturated rings. The number of benzene rings is 1. The van der Waals surface area contributed by atoms with Crippen molar-refractivity contribution in [3.05, 3.63) is 65.0 Å². The van der Waals surface area contributed by atoms with Crippen LogP contribution in [0.5, 0.6) is 0 Å². The first kappa shape index (κ1) is 22.1. The Kier molecular flexibility index (Phi) is 5.60. The highest BCUT2D eigenvalue weighted by molar-refractivity contribution is 6.21. The van der Waals surface area contributed by atoms with E-state index in [1.165, 1.54) is 18.3 Å². The van der Waals surface area contributed by atoms with Crippen molar-refractivity contribution in [2.45, 2.75) is 64.6 Å². The lowest BCUT2D eigenvalue weighted by Gasteiger charge is -2.51. The second kappa shape index (κ2) is 8.11. The van der Waals surface area contributed by atoms with Crippen LogP contribution in [0.1, 0.15) is 83.6 Å². The van der Waals surface area contributed by atoms with Crippen molar-refractivity contribution in [2.24, 2.45) is 0 Å². The Bertz CT molecular complexity index is 1030. The van der Waals surface area contributed by atoms with Crippen LogP contribution >= 0.6 is 0 Å². The van der Waals surface area contributed by atoms with Crippen LogP contribution in [0.15, 0.2) is 42.7 Å². The van der Waals surface area contributed by atoms with Crippen molar-refractivity contribution in [3.63, 3.8) is 0 Å². The monoisotopic (exact) mass is 437 g/mol. The number of hydrogen-bond donors (Lipinski definition) is 0. The van der Waals surface area contributed by atoms with E-state index in [9.17, 15) is 14.4 Å². The minimum absolute atomic E-state index is 0.114. The van der Waals surface area contributed by atoms with Crippen molar-refractivity contribution in [1.82, 2.24) is 15.1 Å². The molecule has 2 aliphatic rings. The maximum absolute atomic E-state index is 12.6. The number of amides is 2. The Balaban J connectivity index is 1.45. The van der Waals surface area contributed by atoms with E-state index in [1.54, 1.807) is 24.4 Å². The third-order valence-corrected chi connectivity index (χ3v) is 6.00. The molecule has 1 saturated heterocycles. The molecule has 0 saturated carbocycles. The normalized spacial score (nSPS) is 19.7. The van der Waals surface area contributed by atoms with Gasteiger partial charge in [0.2, 0.25) is 0 Å². The zero-order valence-electron chi connectivity index (χ0n) is 18.8. The Morgan fingerprint density at radius 2 is 1.59 bits per heavy atom. The lowest BCUT2D eigenvalue weighted by molar-refractivity contribution is -0.288. The number of nitrogens with zero attached hydrogens (tertiary/aromatic N) is 3. The van der Waals surface area contributed by atoms with Crippen LogP contribution < -0.4 is 0 Å². The smallest absolute Gasteiger partial charge is 0.324 e. The van der Waals surface area contributed by atoms with E-state index >= 15 is 0 Å². The van der Waals surface area contributed by atoms with E-state index in [4.69, 9.17) is 9.68 Å². The van der Waals surface area contributed by atoms with Gasteiger partial charge in [-0.1, -0.05) is 17.2 Å². The summed E-state index contributed by atoms with van der Waals surface area (Å²) in [5.41, 5.74) is 0.988. The van der Waals surface area contributed by atoms with Gasteiger partial charge in [-0.3, -0.25) is 19.4 Å². The van der Waals surface area contributed by atoms with Gasteiger partial charge in [0.1, 0.15) is 0 Å². The van der Waals surface area contributed by atoms with Gasteiger partial charge in [-0.2, -0.15) is 5.06 Å². The number of fused-ring (bicyclic) bond motifs is 1. The van der Waals surface area contributed by atoms with Crippen molar-refractivity contribution < 1.29 is 24.1 Å². The summed E-state index contributed by atoms with van der Waals surface area (Å²) in [6.45, 7) is 8.85. The third kappa shape index (κ3) is 4.03. The van der Waals surface area contributed by atoms with Gasteiger partial charge in [-0.15, -0.1) is 0 Å². The minimum atomic E-state index is -0.840. The number of aromatic nitrogens is 1. The molecule has 2 aliphatic heterocycles. The number of pyridine rings is 1. The maximum Gasteiger partial charge on any atom is 0.365 e. The maximum atomic E-state index is 12.6. The lowest BCUT2D eigenvalue weighted by atomic mass is 9.82. The quantitative estimate of drug-likeness (QED) is 0.655. The summed E-state index contributed by atoms with van der Waals surface area (Å²) in [7, 11) is 0. The summed E-state index contributed by atoms with van der Waals surface area (Å²) in [5.74, 6) is -2.17. The van der Waals surface area contributed by atoms with Crippen LogP contribution in [0.2, 0.25) is 0 Å². The summed E-state index contributed by atoms with van der Waals surface area (Å²) in [6.07, 6.45) is 6.14. The van der Waals surface area contributed by atoms with Gasteiger partial charge in [-0.05, 0) is 70.7 Å². The predicted octanol–water partition coefficient (Wildman–Crippen LogP) is 3.92. The van der Waals surface area contributed by atoms with Gasteiger partial charge in [0.15, 0.2) is 0 Å². The zero-order valence-corrected chi connectivity index (χ0v) is 18.8. The molecule has 8 nitrogen and oxygen atoms in total. The van der Waals surface area contributed by atoms with Gasteiger partial charge >= 0.3 is 5.97 Å². The Morgan fingerprint density at radius 1 is 1.00 bits per heavy atom. The second-order valence-electron chi connectivity index (χ2n) is 9.46. The lowest BCUT2D eigenvalue weighted by Crippen LogP contribution is -2.58. The molecule has 8 heteroatoms. The molecule has 0 N–H and O–H groups in total. The number of rotatable bonds is 5. The fraction of sp³-hybridized carbons (Fsp3) is 0.417. The summed E-state index contributed by atoms with van der Waals surface area (Å²) < 4.78 is 0. The van der Waals surface area contributed by atoms with Crippen molar-refractivity contribution in [1.29, 1.82) is 0 Å². The van der Waals surface area contributed by atoms with Gasteiger partial charge < -0.3 is 4.84 Å². The van der Waals surface area contributed by atoms with E-state index in [1.807, 2.05) is 5.06 Å². The molecular formula is C24H27N3O5. The Labute approximate surface area is 187 Å². The Hall–Kier alpha value is -3.10. The molecule has 0 radical (unpaired) electrons. The van der Waals surface area contributed by atoms with Crippen LogP contribution in [-0.4, -0.2) is 44.0 Å². The van der Waals surface area contributed by atoms with Crippen molar-refractivity contribution >= 4 is 17.8 Å². The number of imide groups is 1. The molecule has 1 aromatic heterocycles. The first-order valence-electron chi connectivity index (χ1n) is 10.7. The summed E-state index contributed by atoms with van der Waals surface area (Å²) >= 11 is 0. The molecule has 0 spiro atoms. The molecule has 1 aromatic carbocycles. The average molecular weight is 437 g/mol. The highest BCUT2D eigenvalue weighted by Crippen LogP contribution is 2.38. The highest BCUT2D eigenvalue weighted by atomic mass is 16.7. The number of carbonyl (C=O) groups excluding carboxylic acids is 3. The topological polar surface area (TPSA) is 89.0 Å². The number of hydroxylamine groups is 4. The van der Waals surface area contributed by atoms with Gasteiger partial charge in [0.05, 0.1) is 23.3 Å². The van der Waals surface area contributed by atoms with E-state index in [-0.39, 0.29) is 34.4 Å². The molecule has 0 aliphatic carbocycles. The van der Waals surface area contributed by atoms with Crippen LogP contribution in [0.3, 0.4) is 0 Å². The average Bonchev–Trinajstić information content (AvgIpc) is 2.98. The van der Waals surface area contributed by atoms with E-state index in [0.29, 0.717) is 10.6 Å². The molecule has 0 unspecified atom stereocenters. The first-order chi connectivity index (χ1) is 15.1. The standard InChI is InChI=1S/C24H27N3O5/c1-23(2)10-7-11-24(3,4)27(23)31-15-16-12-17(14-25-13-16)22(30)32-26-20(28)18-8-5-6-9-19(18)21(26)29/h5-6,8-9,12-14H,7,10-11,15H2,1-4H3. The summed E-state index contributed by atoms with van der Waals surface area (Å²) in [6, 6.07) is 7.93. The van der Waals surface area contributed by atoms with Crippen LogP contribution in [0, 0.1) is 0 Å². The largest absolute Gasteiger partial charge is 0.365 e. The number of carbonyl (C=O) groups is 3. The molecule has 2 aromatic rings. The molecular weight excluding hydrogens is 410 g/mol. The van der Waals surface area contributed by atoms with Crippen LogP contribution in [-0.2, 0) is 16.3 Å². The third-order valence-electron chi connectivity index (χ3n) is 6.00. The van der Waals surface area contributed by atoms with E-state index in [2.05, 4.69) is 32.7 Å². The Morgan fingerprint density at radius 3 is 2.19 bits per heavy atom. The molecule has 3 heterocycles. The van der Waals surface area contributed by atoms with Crippen LogP contribution in [0.25, 0.3) is 0 Å². The molecule has 0 atom stereocenters. The van der Waals surface area contributed by atoms with Crippen molar-refractivity contribution in [2.75, 3.05) is 0 Å². The highest BCUT2D eigenvalue weighted by Gasteiger charge is 2.42. The zero-order chi connectivity index (χ0) is 23.1. The molecule has 0 bridgehead atoms. The predicted molar refractivity (Wildman–Crippen MR) is 115 cm³/mol. The van der Waals surface area contributed by atoms with Crippen LogP contribution in [0.4, 0.5) is 0 Å².